The van der Waals surface area contributed by atoms with Gasteiger partial charge in [0.25, 0.3) is 0 Å². The van der Waals surface area contributed by atoms with Crippen LogP contribution < -0.4 is 5.32 Å². The number of rotatable bonds is 3. The molecule has 1 fully saturated rings. The van der Waals surface area contributed by atoms with E-state index in [1.54, 1.807) is 0 Å². The number of carbonyl (C=O) groups is 1. The van der Waals surface area contributed by atoms with Crippen LogP contribution in [0.3, 0.4) is 0 Å². The molecule has 0 spiro atoms. The molecule has 1 aromatic carbocycles. The van der Waals surface area contributed by atoms with Crippen LogP contribution in [0.4, 0.5) is 4.39 Å². The third kappa shape index (κ3) is 4.80. The molecule has 3 nitrogen and oxygen atoms in total. The van der Waals surface area contributed by atoms with E-state index in [0.29, 0.717) is 5.92 Å². The number of likely N-dealkylation sites (tertiary alicyclic amines) is 1. The van der Waals surface area contributed by atoms with Crippen molar-refractivity contribution in [1.82, 2.24) is 10.2 Å². The van der Waals surface area contributed by atoms with E-state index in [9.17, 15) is 9.18 Å². The van der Waals surface area contributed by atoms with Gasteiger partial charge in [0.05, 0.1) is 0 Å². The minimum Gasteiger partial charge on any atom is -0.352 e. The van der Waals surface area contributed by atoms with Crippen molar-refractivity contribution in [3.63, 3.8) is 0 Å². The molecular formula is C18H27FN2O. The zero-order chi connectivity index (χ0) is 16.3. The molecule has 1 N–H and O–H groups in total. The molecule has 22 heavy (non-hydrogen) atoms. The van der Waals surface area contributed by atoms with Gasteiger partial charge >= 0.3 is 0 Å². The number of nitrogens with one attached hydrogen (secondary N) is 1. The molecule has 0 saturated carbocycles. The maximum Gasteiger partial charge on any atom is 0.225 e. The van der Waals surface area contributed by atoms with Gasteiger partial charge in [0.2, 0.25) is 5.91 Å². The zero-order valence-electron chi connectivity index (χ0n) is 14.0. The van der Waals surface area contributed by atoms with Gasteiger partial charge in [-0.25, -0.2) is 4.39 Å². The Morgan fingerprint density at radius 1 is 1.27 bits per heavy atom. The van der Waals surface area contributed by atoms with Crippen molar-refractivity contribution in [2.75, 3.05) is 20.1 Å². The minimum atomic E-state index is -0.359. The van der Waals surface area contributed by atoms with Crippen molar-refractivity contribution in [3.05, 3.63) is 35.6 Å². The predicted molar refractivity (Wildman–Crippen MR) is 87.1 cm³/mol. The fourth-order valence-corrected chi connectivity index (χ4v) is 3.05. The van der Waals surface area contributed by atoms with Crippen LogP contribution in [0.1, 0.15) is 32.8 Å². The number of likely N-dealkylation sites (N-methyl/N-ethyl adjacent to an activating group) is 1. The second-order valence-electron chi connectivity index (χ2n) is 7.57. The van der Waals surface area contributed by atoms with Gasteiger partial charge in [-0.15, -0.1) is 0 Å². The Morgan fingerprint density at radius 3 is 2.50 bits per heavy atom. The second kappa shape index (κ2) is 6.78. The second-order valence-corrected chi connectivity index (χ2v) is 7.57. The standard InChI is InChI=1S/C18H27FN2O/c1-18(2,3)17(22)20-16-10-14(11-21(4)12-16)9-13-5-7-15(19)8-6-13/h5-8,14,16H,9-12H2,1-4H3,(H,20,22). The number of halogens is 1. The molecule has 122 valence electrons. The molecule has 1 aliphatic rings. The maximum absolute atomic E-state index is 13.0. The van der Waals surface area contributed by atoms with Gasteiger partial charge in [0.1, 0.15) is 5.82 Å². The van der Waals surface area contributed by atoms with Crippen molar-refractivity contribution >= 4 is 5.91 Å². The van der Waals surface area contributed by atoms with Gasteiger partial charge in [-0.2, -0.15) is 0 Å². The highest BCUT2D eigenvalue weighted by atomic mass is 19.1. The van der Waals surface area contributed by atoms with Crippen LogP contribution in [0.2, 0.25) is 0 Å². The highest BCUT2D eigenvalue weighted by Crippen LogP contribution is 2.22. The van der Waals surface area contributed by atoms with Crippen LogP contribution in [0, 0.1) is 17.2 Å². The first kappa shape index (κ1) is 16.9. The van der Waals surface area contributed by atoms with E-state index in [2.05, 4.69) is 17.3 Å². The lowest BCUT2D eigenvalue weighted by molar-refractivity contribution is -0.129. The number of hydrogen-bond acceptors (Lipinski definition) is 2. The van der Waals surface area contributed by atoms with Gasteiger partial charge < -0.3 is 10.2 Å². The number of piperidine rings is 1. The fraction of sp³-hybridized carbons (Fsp3) is 0.611. The smallest absolute Gasteiger partial charge is 0.225 e. The molecule has 2 unspecified atom stereocenters. The Hall–Kier alpha value is -1.42. The fourth-order valence-electron chi connectivity index (χ4n) is 3.05. The zero-order valence-corrected chi connectivity index (χ0v) is 14.0. The number of nitrogens with zero attached hydrogens (tertiary/aromatic N) is 1. The van der Waals surface area contributed by atoms with Crippen LogP contribution in [0.5, 0.6) is 0 Å². The average Bonchev–Trinajstić information content (AvgIpc) is 2.39. The lowest BCUT2D eigenvalue weighted by Gasteiger charge is -2.37. The summed E-state index contributed by atoms with van der Waals surface area (Å²) in [6.07, 6.45) is 1.90. The Bertz CT molecular complexity index is 507. The van der Waals surface area contributed by atoms with Gasteiger partial charge in [-0.05, 0) is 43.5 Å². The molecule has 4 heteroatoms. The van der Waals surface area contributed by atoms with Crippen LogP contribution in [0.25, 0.3) is 0 Å². The summed E-state index contributed by atoms with van der Waals surface area (Å²) < 4.78 is 13.0. The minimum absolute atomic E-state index is 0.105. The lowest BCUT2D eigenvalue weighted by Crippen LogP contribution is -2.52. The van der Waals surface area contributed by atoms with E-state index in [0.717, 1.165) is 31.5 Å². The first-order valence-corrected chi connectivity index (χ1v) is 7.98. The molecule has 0 aromatic heterocycles. The molecule has 1 amide bonds. The maximum atomic E-state index is 13.0. The van der Waals surface area contributed by atoms with E-state index in [4.69, 9.17) is 0 Å². The molecular weight excluding hydrogens is 279 g/mol. The number of hydrogen-bond donors (Lipinski definition) is 1. The highest BCUT2D eigenvalue weighted by molar-refractivity contribution is 5.81. The highest BCUT2D eigenvalue weighted by Gasteiger charge is 2.29. The van der Waals surface area contributed by atoms with Gasteiger partial charge in [0.15, 0.2) is 0 Å². The van der Waals surface area contributed by atoms with Crippen molar-refractivity contribution in [2.24, 2.45) is 11.3 Å². The Labute approximate surface area is 132 Å². The summed E-state index contributed by atoms with van der Waals surface area (Å²) in [5, 5.41) is 3.17. The summed E-state index contributed by atoms with van der Waals surface area (Å²) in [6, 6.07) is 6.93. The summed E-state index contributed by atoms with van der Waals surface area (Å²) in [6.45, 7) is 7.71. The summed E-state index contributed by atoms with van der Waals surface area (Å²) in [5.41, 5.74) is 0.797. The van der Waals surface area contributed by atoms with Gasteiger partial charge in [-0.1, -0.05) is 32.9 Å². The van der Waals surface area contributed by atoms with Crippen LogP contribution in [0.15, 0.2) is 24.3 Å². The lowest BCUT2D eigenvalue weighted by atomic mass is 9.88. The summed E-state index contributed by atoms with van der Waals surface area (Å²) >= 11 is 0. The molecule has 0 bridgehead atoms. The number of benzene rings is 1. The summed E-state index contributed by atoms with van der Waals surface area (Å²) in [5.74, 6) is 0.391. The van der Waals surface area contributed by atoms with E-state index in [1.165, 1.54) is 12.1 Å². The summed E-state index contributed by atoms with van der Waals surface area (Å²) in [7, 11) is 2.09. The van der Waals surface area contributed by atoms with E-state index < -0.39 is 0 Å². The molecule has 1 aromatic rings. The Morgan fingerprint density at radius 2 is 1.91 bits per heavy atom. The third-order valence-electron chi connectivity index (χ3n) is 4.17. The Kier molecular flexibility index (Phi) is 5.22. The van der Waals surface area contributed by atoms with Crippen LogP contribution in [-0.4, -0.2) is 37.0 Å². The van der Waals surface area contributed by atoms with Crippen molar-refractivity contribution in [3.8, 4) is 0 Å². The molecule has 1 saturated heterocycles. The molecule has 0 aliphatic carbocycles. The van der Waals surface area contributed by atoms with E-state index in [1.807, 2.05) is 32.9 Å². The van der Waals surface area contributed by atoms with Crippen LogP contribution in [-0.2, 0) is 11.2 Å². The van der Waals surface area contributed by atoms with E-state index in [-0.39, 0.29) is 23.2 Å². The molecule has 1 heterocycles. The van der Waals surface area contributed by atoms with Crippen LogP contribution >= 0.6 is 0 Å². The molecule has 0 radical (unpaired) electrons. The normalized spacial score (nSPS) is 23.3. The average molecular weight is 306 g/mol. The topological polar surface area (TPSA) is 32.3 Å². The Balaban J connectivity index is 1.96. The largest absolute Gasteiger partial charge is 0.352 e. The van der Waals surface area contributed by atoms with Crippen molar-refractivity contribution in [1.29, 1.82) is 0 Å². The van der Waals surface area contributed by atoms with Crippen molar-refractivity contribution < 1.29 is 9.18 Å². The molecule has 1 aliphatic heterocycles. The van der Waals surface area contributed by atoms with E-state index >= 15 is 0 Å². The third-order valence-corrected chi connectivity index (χ3v) is 4.17. The van der Waals surface area contributed by atoms with Crippen molar-refractivity contribution in [2.45, 2.75) is 39.7 Å². The number of carbonyl (C=O) groups excluding carboxylic acids is 1. The summed E-state index contributed by atoms with van der Waals surface area (Å²) in [4.78, 5) is 14.4. The molecule has 2 atom stereocenters. The monoisotopic (exact) mass is 306 g/mol. The first-order chi connectivity index (χ1) is 10.2. The quantitative estimate of drug-likeness (QED) is 0.931. The number of amides is 1. The van der Waals surface area contributed by atoms with Gasteiger partial charge in [-0.3, -0.25) is 4.79 Å². The SMILES string of the molecule is CN1CC(Cc2ccc(F)cc2)CC(NC(=O)C(C)(C)C)C1. The first-order valence-electron chi connectivity index (χ1n) is 7.98. The predicted octanol–water partition coefficient (Wildman–Crippen LogP) is 2.85. The molecule has 2 rings (SSSR count). The van der Waals surface area contributed by atoms with Gasteiger partial charge in [0, 0.05) is 24.5 Å².